The number of benzene rings is 2. The zero-order valence-corrected chi connectivity index (χ0v) is 16.2. The number of rotatable bonds is 7. The van der Waals surface area contributed by atoms with Gasteiger partial charge in [-0.3, -0.25) is 4.79 Å². The van der Waals surface area contributed by atoms with Crippen molar-refractivity contribution in [3.63, 3.8) is 0 Å². The lowest BCUT2D eigenvalue weighted by Crippen LogP contribution is -2.20. The van der Waals surface area contributed by atoms with Gasteiger partial charge in [-0.1, -0.05) is 31.0 Å². The summed E-state index contributed by atoms with van der Waals surface area (Å²) in [4.78, 5) is 12.1. The Bertz CT molecular complexity index is 719. The molecule has 0 aromatic heterocycles. The molecule has 0 saturated heterocycles. The number of carbonyl (C=O) groups is 1. The monoisotopic (exact) mass is 409 g/mol. The van der Waals surface area contributed by atoms with Gasteiger partial charge in [0.2, 0.25) is 0 Å². The summed E-state index contributed by atoms with van der Waals surface area (Å²) in [6.07, 6.45) is 3.37. The molecule has 0 atom stereocenters. The molecule has 1 N–H and O–H groups in total. The highest BCUT2D eigenvalue weighted by Gasteiger charge is 2.08. The maximum absolute atomic E-state index is 12.1. The van der Waals surface area contributed by atoms with Crippen molar-refractivity contribution in [3.8, 4) is 5.75 Å². The maximum atomic E-state index is 12.1. The number of aryl methyl sites for hydroxylation is 2. The number of ether oxygens (including phenoxy) is 1. The number of hydrogen-bond donors (Lipinski definition) is 1. The van der Waals surface area contributed by atoms with Gasteiger partial charge in [0.1, 0.15) is 5.75 Å². The number of unbranched alkanes of at least 4 members (excludes halogenated alkanes) is 1. The van der Waals surface area contributed by atoms with Crippen molar-refractivity contribution in [2.24, 2.45) is 0 Å². The molecule has 2 aromatic rings. The molecule has 0 heterocycles. The van der Waals surface area contributed by atoms with Crippen LogP contribution in [0.5, 0.6) is 5.75 Å². The third kappa shape index (κ3) is 5.53. The second kappa shape index (κ2) is 9.09. The van der Waals surface area contributed by atoms with Crippen LogP contribution in [0.4, 0.5) is 5.69 Å². The normalized spacial score (nSPS) is 10.5. The van der Waals surface area contributed by atoms with Gasteiger partial charge < -0.3 is 10.1 Å². The number of anilines is 1. The van der Waals surface area contributed by atoms with Crippen LogP contribution in [-0.4, -0.2) is 12.5 Å². The Kier molecular flexibility index (Phi) is 7.13. The highest BCUT2D eigenvalue weighted by Crippen LogP contribution is 2.25. The van der Waals surface area contributed by atoms with Crippen LogP contribution in [0, 0.1) is 6.92 Å². The van der Waals surface area contributed by atoms with Gasteiger partial charge in [0.15, 0.2) is 6.61 Å². The number of amides is 1. The number of halogens is 2. The lowest BCUT2D eigenvalue weighted by atomic mass is 10.1. The van der Waals surface area contributed by atoms with Gasteiger partial charge in [0, 0.05) is 9.50 Å². The van der Waals surface area contributed by atoms with Crippen LogP contribution in [0.1, 0.15) is 30.9 Å². The SMILES string of the molecule is CCCCc1ccc(NC(=O)COc2ccc(Cl)cc2C)c(Br)c1. The number of nitrogens with one attached hydrogen (secondary N) is 1. The summed E-state index contributed by atoms with van der Waals surface area (Å²) in [7, 11) is 0. The summed E-state index contributed by atoms with van der Waals surface area (Å²) in [6.45, 7) is 4.02. The molecule has 3 nitrogen and oxygen atoms in total. The Morgan fingerprint density at radius 1 is 1.25 bits per heavy atom. The van der Waals surface area contributed by atoms with Crippen LogP contribution in [0.3, 0.4) is 0 Å². The van der Waals surface area contributed by atoms with Crippen LogP contribution in [0.2, 0.25) is 5.02 Å². The number of carbonyl (C=O) groups excluding carboxylic acids is 1. The van der Waals surface area contributed by atoms with Crippen LogP contribution in [0.15, 0.2) is 40.9 Å². The molecule has 0 fully saturated rings. The first kappa shape index (κ1) is 18.8. The van der Waals surface area contributed by atoms with Crippen molar-refractivity contribution >= 4 is 39.1 Å². The quantitative estimate of drug-likeness (QED) is 0.629. The van der Waals surface area contributed by atoms with E-state index in [0.29, 0.717) is 10.8 Å². The van der Waals surface area contributed by atoms with E-state index in [2.05, 4.69) is 34.2 Å². The minimum Gasteiger partial charge on any atom is -0.483 e. The second-order valence-electron chi connectivity index (χ2n) is 5.66. The van der Waals surface area contributed by atoms with E-state index < -0.39 is 0 Å². The molecule has 0 spiro atoms. The Morgan fingerprint density at radius 2 is 2.04 bits per heavy atom. The third-order valence-corrected chi connectivity index (χ3v) is 4.51. The molecule has 0 aliphatic rings. The Morgan fingerprint density at radius 3 is 2.71 bits per heavy atom. The van der Waals surface area contributed by atoms with Gasteiger partial charge in [-0.05, 0) is 77.2 Å². The smallest absolute Gasteiger partial charge is 0.262 e. The Hall–Kier alpha value is -1.52. The fraction of sp³-hybridized carbons (Fsp3) is 0.316. The van der Waals surface area contributed by atoms with Crippen molar-refractivity contribution in [1.29, 1.82) is 0 Å². The summed E-state index contributed by atoms with van der Waals surface area (Å²) in [5, 5.41) is 3.51. The minimum atomic E-state index is -0.202. The molecule has 5 heteroatoms. The molecule has 0 bridgehead atoms. The van der Waals surface area contributed by atoms with E-state index in [1.165, 1.54) is 5.56 Å². The van der Waals surface area contributed by atoms with Gasteiger partial charge in [0.05, 0.1) is 5.69 Å². The summed E-state index contributed by atoms with van der Waals surface area (Å²) < 4.78 is 6.44. The van der Waals surface area contributed by atoms with Crippen molar-refractivity contribution < 1.29 is 9.53 Å². The molecular formula is C19H21BrClNO2. The van der Waals surface area contributed by atoms with E-state index in [4.69, 9.17) is 16.3 Å². The van der Waals surface area contributed by atoms with E-state index in [0.717, 1.165) is 35.0 Å². The van der Waals surface area contributed by atoms with Crippen molar-refractivity contribution in [3.05, 3.63) is 57.0 Å². The first-order chi connectivity index (χ1) is 11.5. The molecule has 2 rings (SSSR count). The zero-order valence-electron chi connectivity index (χ0n) is 13.9. The zero-order chi connectivity index (χ0) is 17.5. The fourth-order valence-corrected chi connectivity index (χ4v) is 3.05. The molecule has 0 unspecified atom stereocenters. The molecule has 0 saturated carbocycles. The highest BCUT2D eigenvalue weighted by molar-refractivity contribution is 9.10. The lowest BCUT2D eigenvalue weighted by Gasteiger charge is -2.11. The molecule has 1 amide bonds. The Balaban J connectivity index is 1.92. The highest BCUT2D eigenvalue weighted by atomic mass is 79.9. The van der Waals surface area contributed by atoms with E-state index in [1.54, 1.807) is 18.2 Å². The summed E-state index contributed by atoms with van der Waals surface area (Å²) >= 11 is 9.42. The first-order valence-corrected chi connectivity index (χ1v) is 9.14. The van der Waals surface area contributed by atoms with Gasteiger partial charge in [0.25, 0.3) is 5.91 Å². The third-order valence-electron chi connectivity index (χ3n) is 3.62. The van der Waals surface area contributed by atoms with E-state index in [-0.39, 0.29) is 12.5 Å². The Labute approximate surface area is 156 Å². The van der Waals surface area contributed by atoms with Gasteiger partial charge in [-0.25, -0.2) is 0 Å². The maximum Gasteiger partial charge on any atom is 0.262 e. The average molecular weight is 411 g/mol. The van der Waals surface area contributed by atoms with Gasteiger partial charge in [-0.15, -0.1) is 0 Å². The van der Waals surface area contributed by atoms with E-state index in [1.807, 2.05) is 19.1 Å². The average Bonchev–Trinajstić information content (AvgIpc) is 2.54. The van der Waals surface area contributed by atoms with Gasteiger partial charge >= 0.3 is 0 Å². The predicted molar refractivity (Wildman–Crippen MR) is 103 cm³/mol. The summed E-state index contributed by atoms with van der Waals surface area (Å²) in [6, 6.07) is 11.3. The standard InChI is InChI=1S/C19H21BrClNO2/c1-3-4-5-14-6-8-17(16(20)11-14)22-19(23)12-24-18-9-7-15(21)10-13(18)2/h6-11H,3-5,12H2,1-2H3,(H,22,23). The predicted octanol–water partition coefficient (Wildman–Crippen LogP) is 5.77. The largest absolute Gasteiger partial charge is 0.483 e. The minimum absolute atomic E-state index is 0.0491. The molecule has 2 aromatic carbocycles. The van der Waals surface area contributed by atoms with E-state index >= 15 is 0 Å². The van der Waals surface area contributed by atoms with Gasteiger partial charge in [-0.2, -0.15) is 0 Å². The molecule has 128 valence electrons. The van der Waals surface area contributed by atoms with Crippen LogP contribution in [0.25, 0.3) is 0 Å². The van der Waals surface area contributed by atoms with Crippen LogP contribution in [-0.2, 0) is 11.2 Å². The second-order valence-corrected chi connectivity index (χ2v) is 6.96. The lowest BCUT2D eigenvalue weighted by molar-refractivity contribution is -0.118. The first-order valence-electron chi connectivity index (χ1n) is 7.97. The molecule has 24 heavy (non-hydrogen) atoms. The van der Waals surface area contributed by atoms with Crippen molar-refractivity contribution in [2.45, 2.75) is 33.1 Å². The van der Waals surface area contributed by atoms with E-state index in [9.17, 15) is 4.79 Å². The summed E-state index contributed by atoms with van der Waals surface area (Å²) in [5.41, 5.74) is 2.91. The van der Waals surface area contributed by atoms with Crippen LogP contribution >= 0.6 is 27.5 Å². The molecule has 0 aliphatic carbocycles. The topological polar surface area (TPSA) is 38.3 Å². The molecular weight excluding hydrogens is 390 g/mol. The fourth-order valence-electron chi connectivity index (χ4n) is 2.30. The van der Waals surface area contributed by atoms with Crippen molar-refractivity contribution in [2.75, 3.05) is 11.9 Å². The summed E-state index contributed by atoms with van der Waals surface area (Å²) in [5.74, 6) is 0.454. The van der Waals surface area contributed by atoms with Crippen LogP contribution < -0.4 is 10.1 Å². The molecule has 0 aliphatic heterocycles. The number of hydrogen-bond acceptors (Lipinski definition) is 2. The molecule has 0 radical (unpaired) electrons. The van der Waals surface area contributed by atoms with Crippen molar-refractivity contribution in [1.82, 2.24) is 0 Å².